The van der Waals surface area contributed by atoms with Gasteiger partial charge in [-0.2, -0.15) is 0 Å². The third-order valence-electron chi connectivity index (χ3n) is 4.88. The van der Waals surface area contributed by atoms with Crippen molar-refractivity contribution in [2.24, 2.45) is 0 Å². The number of aryl methyl sites for hydroxylation is 1. The van der Waals surface area contributed by atoms with Crippen molar-refractivity contribution in [3.63, 3.8) is 0 Å². The van der Waals surface area contributed by atoms with Crippen LogP contribution in [0.3, 0.4) is 0 Å². The Morgan fingerprint density at radius 2 is 1.92 bits per heavy atom. The normalized spacial score (nSPS) is 19.4. The molecule has 0 saturated carbocycles. The lowest BCUT2D eigenvalue weighted by atomic mass is 10.1. The van der Waals surface area contributed by atoms with Gasteiger partial charge < -0.3 is 9.15 Å². The van der Waals surface area contributed by atoms with Gasteiger partial charge in [0.2, 0.25) is 11.8 Å². The van der Waals surface area contributed by atoms with Crippen molar-refractivity contribution in [3.05, 3.63) is 71.6 Å². The highest BCUT2D eigenvalue weighted by molar-refractivity contribution is 5.53. The van der Waals surface area contributed by atoms with Crippen LogP contribution < -0.4 is 0 Å². The van der Waals surface area contributed by atoms with Gasteiger partial charge in [-0.05, 0) is 31.5 Å². The van der Waals surface area contributed by atoms with E-state index >= 15 is 0 Å². The van der Waals surface area contributed by atoms with E-state index in [1.165, 1.54) is 11.1 Å². The summed E-state index contributed by atoms with van der Waals surface area (Å²) in [7, 11) is 0. The molecular weight excluding hydrogens is 326 g/mol. The van der Waals surface area contributed by atoms with Gasteiger partial charge in [-0.15, -0.1) is 10.2 Å². The van der Waals surface area contributed by atoms with Crippen molar-refractivity contribution < 1.29 is 9.15 Å². The lowest BCUT2D eigenvalue weighted by Crippen LogP contribution is -2.40. The first-order chi connectivity index (χ1) is 12.7. The van der Waals surface area contributed by atoms with E-state index in [-0.39, 0.29) is 12.1 Å². The van der Waals surface area contributed by atoms with Crippen molar-refractivity contribution in [2.75, 3.05) is 19.7 Å². The molecule has 0 unspecified atom stereocenters. The van der Waals surface area contributed by atoms with Crippen LogP contribution >= 0.6 is 0 Å². The van der Waals surface area contributed by atoms with Crippen LogP contribution in [-0.4, -0.2) is 34.8 Å². The molecule has 5 nitrogen and oxygen atoms in total. The Balaban J connectivity index is 1.50. The zero-order chi connectivity index (χ0) is 17.9. The molecule has 26 heavy (non-hydrogen) atoms. The van der Waals surface area contributed by atoms with Gasteiger partial charge in [-0.1, -0.05) is 48.0 Å². The first kappa shape index (κ1) is 16.9. The molecule has 134 valence electrons. The van der Waals surface area contributed by atoms with E-state index in [2.05, 4.69) is 53.2 Å². The molecule has 1 aliphatic rings. The fraction of sp³-hybridized carbons (Fsp3) is 0.333. The largest absolute Gasteiger partial charge is 0.419 e. The van der Waals surface area contributed by atoms with Gasteiger partial charge in [0, 0.05) is 18.7 Å². The van der Waals surface area contributed by atoms with Gasteiger partial charge in [0.25, 0.3) is 0 Å². The average Bonchev–Trinajstić information content (AvgIpc) is 3.18. The van der Waals surface area contributed by atoms with Crippen LogP contribution in [0.2, 0.25) is 0 Å². The lowest BCUT2D eigenvalue weighted by molar-refractivity contribution is -0.0463. The minimum absolute atomic E-state index is 0.0520. The van der Waals surface area contributed by atoms with E-state index < -0.39 is 0 Å². The number of nitrogens with zero attached hydrogens (tertiary/aromatic N) is 3. The van der Waals surface area contributed by atoms with Gasteiger partial charge in [-0.25, -0.2) is 0 Å². The van der Waals surface area contributed by atoms with Crippen LogP contribution in [-0.2, 0) is 4.74 Å². The minimum atomic E-state index is 0.0520. The zero-order valence-electron chi connectivity index (χ0n) is 15.1. The third-order valence-corrected chi connectivity index (χ3v) is 4.88. The van der Waals surface area contributed by atoms with Gasteiger partial charge in [0.05, 0.1) is 18.8 Å². The fourth-order valence-corrected chi connectivity index (χ4v) is 3.34. The molecule has 5 heteroatoms. The Hall–Kier alpha value is -2.50. The van der Waals surface area contributed by atoms with Crippen molar-refractivity contribution >= 4 is 0 Å². The summed E-state index contributed by atoms with van der Waals surface area (Å²) >= 11 is 0. The number of rotatable bonds is 4. The molecule has 2 atom stereocenters. The van der Waals surface area contributed by atoms with E-state index in [9.17, 15) is 0 Å². The van der Waals surface area contributed by atoms with Crippen LogP contribution in [0.15, 0.2) is 59.0 Å². The molecule has 1 aliphatic heterocycles. The molecule has 1 saturated heterocycles. The molecule has 0 spiro atoms. The molecule has 2 heterocycles. The van der Waals surface area contributed by atoms with E-state index in [0.29, 0.717) is 18.4 Å². The Bertz CT molecular complexity index is 862. The molecule has 3 aromatic rings. The fourth-order valence-electron chi connectivity index (χ4n) is 3.34. The molecule has 1 fully saturated rings. The van der Waals surface area contributed by atoms with Gasteiger partial charge in [-0.3, -0.25) is 4.90 Å². The predicted octanol–water partition coefficient (Wildman–Crippen LogP) is 4.18. The summed E-state index contributed by atoms with van der Waals surface area (Å²) in [6, 6.07) is 18.5. The van der Waals surface area contributed by atoms with Gasteiger partial charge in [0.15, 0.2) is 0 Å². The molecule has 0 aliphatic carbocycles. The molecule has 1 aromatic heterocycles. The summed E-state index contributed by atoms with van der Waals surface area (Å²) in [5, 5.41) is 8.54. The highest BCUT2D eigenvalue weighted by Crippen LogP contribution is 2.29. The lowest BCUT2D eigenvalue weighted by Gasteiger charge is -2.35. The van der Waals surface area contributed by atoms with E-state index in [1.807, 2.05) is 30.3 Å². The molecule has 0 radical (unpaired) electrons. The minimum Gasteiger partial charge on any atom is -0.419 e. The van der Waals surface area contributed by atoms with Crippen LogP contribution in [0.5, 0.6) is 0 Å². The Morgan fingerprint density at radius 3 is 2.73 bits per heavy atom. The average molecular weight is 349 g/mol. The third kappa shape index (κ3) is 3.54. The van der Waals surface area contributed by atoms with Crippen LogP contribution in [0.25, 0.3) is 11.5 Å². The Kier molecular flexibility index (Phi) is 4.82. The summed E-state index contributed by atoms with van der Waals surface area (Å²) in [6.45, 7) is 6.53. The molecule has 4 rings (SSSR count). The van der Waals surface area contributed by atoms with Crippen LogP contribution in [0.1, 0.15) is 36.1 Å². The van der Waals surface area contributed by atoms with E-state index in [4.69, 9.17) is 9.15 Å². The maximum Gasteiger partial charge on any atom is 0.247 e. The molecule has 0 N–H and O–H groups in total. The van der Waals surface area contributed by atoms with Crippen molar-refractivity contribution in [1.29, 1.82) is 0 Å². The predicted molar refractivity (Wildman–Crippen MR) is 99.6 cm³/mol. The first-order valence-electron chi connectivity index (χ1n) is 9.02. The zero-order valence-corrected chi connectivity index (χ0v) is 15.1. The SMILES string of the molecule is Cc1cccc(-c2nnc([C@@H](C)N3CCO[C@@H](c4ccccc4)C3)o2)c1. The Morgan fingerprint density at radius 1 is 1.08 bits per heavy atom. The molecular formula is C21H23N3O2. The smallest absolute Gasteiger partial charge is 0.247 e. The van der Waals surface area contributed by atoms with E-state index in [0.717, 1.165) is 18.7 Å². The number of hydrogen-bond acceptors (Lipinski definition) is 5. The summed E-state index contributed by atoms with van der Waals surface area (Å²) < 4.78 is 11.9. The number of aromatic nitrogens is 2. The Labute approximate surface area is 153 Å². The molecule has 0 amide bonds. The molecule has 0 bridgehead atoms. The number of ether oxygens (including phenoxy) is 1. The summed E-state index contributed by atoms with van der Waals surface area (Å²) in [4.78, 5) is 2.34. The first-order valence-corrected chi connectivity index (χ1v) is 9.02. The number of morpholine rings is 1. The topological polar surface area (TPSA) is 51.4 Å². The number of hydrogen-bond donors (Lipinski definition) is 0. The number of benzene rings is 2. The van der Waals surface area contributed by atoms with Crippen molar-refractivity contribution in [3.8, 4) is 11.5 Å². The quantitative estimate of drug-likeness (QED) is 0.707. The van der Waals surface area contributed by atoms with Crippen LogP contribution in [0, 0.1) is 6.92 Å². The maximum absolute atomic E-state index is 5.98. The van der Waals surface area contributed by atoms with Crippen molar-refractivity contribution in [2.45, 2.75) is 26.0 Å². The second kappa shape index (κ2) is 7.40. The van der Waals surface area contributed by atoms with Gasteiger partial charge in [0.1, 0.15) is 0 Å². The standard InChI is InChI=1S/C21H23N3O2/c1-15-7-6-10-18(13-15)21-23-22-20(26-21)16(2)24-11-12-25-19(14-24)17-8-4-3-5-9-17/h3-10,13,16,19H,11-12,14H2,1-2H3/t16-,19-/m1/s1. The second-order valence-electron chi connectivity index (χ2n) is 6.76. The van der Waals surface area contributed by atoms with Gasteiger partial charge >= 0.3 is 0 Å². The van der Waals surface area contributed by atoms with Crippen molar-refractivity contribution in [1.82, 2.24) is 15.1 Å². The monoisotopic (exact) mass is 349 g/mol. The highest BCUT2D eigenvalue weighted by Gasteiger charge is 2.28. The summed E-state index contributed by atoms with van der Waals surface area (Å²) in [5.41, 5.74) is 3.34. The van der Waals surface area contributed by atoms with E-state index in [1.54, 1.807) is 0 Å². The van der Waals surface area contributed by atoms with Crippen LogP contribution in [0.4, 0.5) is 0 Å². The second-order valence-corrected chi connectivity index (χ2v) is 6.76. The molecule has 2 aromatic carbocycles. The summed E-state index contributed by atoms with van der Waals surface area (Å²) in [5.74, 6) is 1.22. The highest BCUT2D eigenvalue weighted by atomic mass is 16.5. The summed E-state index contributed by atoms with van der Waals surface area (Å²) in [6.07, 6.45) is 0.0755. The maximum atomic E-state index is 5.98.